The predicted octanol–water partition coefficient (Wildman–Crippen LogP) is 7.87. The molecule has 0 radical (unpaired) electrons. The molecule has 156 valence electrons. The van der Waals surface area contributed by atoms with E-state index in [-0.39, 0.29) is 0 Å². The van der Waals surface area contributed by atoms with Crippen LogP contribution in [-0.4, -0.2) is 21.5 Å². The van der Waals surface area contributed by atoms with Gasteiger partial charge in [-0.1, -0.05) is 103 Å². The van der Waals surface area contributed by atoms with Crippen molar-refractivity contribution < 1.29 is 0 Å². The number of rotatable bonds is 18. The van der Waals surface area contributed by atoms with Gasteiger partial charge in [-0.3, -0.25) is 0 Å². The molecule has 0 unspecified atom stereocenters. The summed E-state index contributed by atoms with van der Waals surface area (Å²) in [5.74, 6) is 0.671. The smallest absolute Gasteiger partial charge is 0.205 e. The number of hydrogen-bond donors (Lipinski definition) is 3. The Labute approximate surface area is 176 Å². The summed E-state index contributed by atoms with van der Waals surface area (Å²) in [6.07, 6.45) is 22.3. The van der Waals surface area contributed by atoms with E-state index in [2.05, 4.69) is 27.2 Å². The van der Waals surface area contributed by atoms with E-state index in [1.807, 2.05) is 0 Å². The van der Waals surface area contributed by atoms with E-state index in [9.17, 15) is 0 Å². The minimum Gasteiger partial charge on any atom is -0.356 e. The molecule has 0 atom stereocenters. The maximum Gasteiger partial charge on any atom is 0.205 e. The van der Waals surface area contributed by atoms with Crippen molar-refractivity contribution in [2.24, 2.45) is 0 Å². The zero-order chi connectivity index (χ0) is 19.6. The molecule has 1 heterocycles. The lowest BCUT2D eigenvalue weighted by atomic mass is 10.0. The summed E-state index contributed by atoms with van der Waals surface area (Å²) in [7, 11) is 0. The Kier molecular flexibility index (Phi) is 15.6. The molecule has 1 rings (SSSR count). The Morgan fingerprint density at radius 3 is 1.56 bits per heavy atom. The first-order chi connectivity index (χ1) is 13.2. The van der Waals surface area contributed by atoms with Crippen molar-refractivity contribution in [3.05, 3.63) is 9.54 Å². The van der Waals surface area contributed by atoms with Gasteiger partial charge < -0.3 is 15.3 Å². The average Bonchev–Trinajstić information content (AvgIpc) is 2.63. The van der Waals surface area contributed by atoms with E-state index in [1.165, 1.54) is 96.3 Å². The molecular formula is C21H40N4S2. The second-order valence-electron chi connectivity index (χ2n) is 7.57. The summed E-state index contributed by atoms with van der Waals surface area (Å²) in [6, 6.07) is 0. The number of aromatic nitrogens is 3. The second-order valence-corrected chi connectivity index (χ2v) is 8.37. The quantitative estimate of drug-likeness (QED) is 0.169. The van der Waals surface area contributed by atoms with Crippen LogP contribution in [0.25, 0.3) is 0 Å². The summed E-state index contributed by atoms with van der Waals surface area (Å²) >= 11 is 10.1. The first kappa shape index (κ1) is 24.3. The summed E-state index contributed by atoms with van der Waals surface area (Å²) in [6.45, 7) is 3.20. The maximum atomic E-state index is 5.05. The van der Waals surface area contributed by atoms with Crippen LogP contribution >= 0.6 is 24.4 Å². The van der Waals surface area contributed by atoms with Crippen LogP contribution in [0.3, 0.4) is 0 Å². The number of nitrogens with one attached hydrogen (secondary N) is 3. The average molecular weight is 413 g/mol. The molecule has 0 aromatic carbocycles. The van der Waals surface area contributed by atoms with Gasteiger partial charge in [-0.05, 0) is 30.9 Å². The molecule has 4 nitrogen and oxygen atoms in total. The highest BCUT2D eigenvalue weighted by Crippen LogP contribution is 2.13. The Hall–Kier alpha value is -0.750. The van der Waals surface area contributed by atoms with Crippen LogP contribution in [0.15, 0.2) is 0 Å². The van der Waals surface area contributed by atoms with Gasteiger partial charge in [-0.25, -0.2) is 0 Å². The van der Waals surface area contributed by atoms with Crippen LogP contribution in [0, 0.1) is 9.54 Å². The van der Waals surface area contributed by atoms with Gasteiger partial charge in [-0.2, -0.15) is 4.98 Å². The SMILES string of the molecule is CCCCCCCCCCCCCCCCCCNc1nc(=S)[nH]c(=S)[nH]1. The third-order valence-corrected chi connectivity index (χ3v) is 5.39. The lowest BCUT2D eigenvalue weighted by Crippen LogP contribution is -2.06. The van der Waals surface area contributed by atoms with Crippen LogP contribution < -0.4 is 5.32 Å². The van der Waals surface area contributed by atoms with Crippen molar-refractivity contribution in [3.8, 4) is 0 Å². The zero-order valence-corrected chi connectivity index (χ0v) is 18.9. The minimum absolute atomic E-state index is 0.424. The third kappa shape index (κ3) is 14.9. The zero-order valence-electron chi connectivity index (χ0n) is 17.3. The molecule has 0 bridgehead atoms. The molecule has 1 aromatic heterocycles. The number of unbranched alkanes of at least 4 members (excludes halogenated alkanes) is 15. The fraction of sp³-hybridized carbons (Fsp3) is 0.857. The standard InChI is InChI=1S/C21H40N4S2/c1-2-3-4-5-6-7-8-9-10-11-12-13-14-15-16-17-18-22-19-23-20(26)25-21(27)24-19/h2-18H2,1H3,(H3,22,23,24,25,26,27). The van der Waals surface area contributed by atoms with Gasteiger partial charge in [0.1, 0.15) is 0 Å². The maximum absolute atomic E-state index is 5.05. The fourth-order valence-corrected chi connectivity index (χ4v) is 3.81. The van der Waals surface area contributed by atoms with E-state index < -0.39 is 0 Å². The van der Waals surface area contributed by atoms with Crippen LogP contribution in [0.4, 0.5) is 5.95 Å². The molecule has 0 aliphatic heterocycles. The molecule has 0 aliphatic rings. The Bertz CT molecular complexity index is 540. The lowest BCUT2D eigenvalue weighted by molar-refractivity contribution is 0.530. The van der Waals surface area contributed by atoms with Gasteiger partial charge in [0.15, 0.2) is 4.77 Å². The number of H-pyrrole nitrogens is 2. The van der Waals surface area contributed by atoms with Crippen molar-refractivity contribution in [1.29, 1.82) is 0 Å². The summed E-state index contributed by atoms with van der Waals surface area (Å²) < 4.78 is 0.942. The molecular weight excluding hydrogens is 372 g/mol. The van der Waals surface area contributed by atoms with Gasteiger partial charge in [-0.15, -0.1) is 0 Å². The Morgan fingerprint density at radius 1 is 0.667 bits per heavy atom. The summed E-state index contributed by atoms with van der Waals surface area (Å²) in [5.41, 5.74) is 0. The van der Waals surface area contributed by atoms with Crippen LogP contribution in [0.2, 0.25) is 0 Å². The van der Waals surface area contributed by atoms with Crippen molar-refractivity contribution in [2.75, 3.05) is 11.9 Å². The lowest BCUT2D eigenvalue weighted by Gasteiger charge is -2.05. The highest BCUT2D eigenvalue weighted by molar-refractivity contribution is 7.71. The van der Waals surface area contributed by atoms with Gasteiger partial charge in [0, 0.05) is 6.54 Å². The van der Waals surface area contributed by atoms with Crippen molar-refractivity contribution in [1.82, 2.24) is 15.0 Å². The molecule has 0 saturated carbocycles. The van der Waals surface area contributed by atoms with Gasteiger partial charge in [0.25, 0.3) is 0 Å². The number of aromatic amines is 2. The van der Waals surface area contributed by atoms with Crippen molar-refractivity contribution >= 4 is 30.4 Å². The number of hydrogen-bond acceptors (Lipinski definition) is 4. The highest BCUT2D eigenvalue weighted by atomic mass is 32.1. The molecule has 3 N–H and O–H groups in total. The number of anilines is 1. The third-order valence-electron chi connectivity index (χ3n) is 4.99. The van der Waals surface area contributed by atoms with Gasteiger partial charge in [0.2, 0.25) is 10.7 Å². The van der Waals surface area contributed by atoms with E-state index in [0.29, 0.717) is 15.5 Å². The van der Waals surface area contributed by atoms with Crippen molar-refractivity contribution in [3.63, 3.8) is 0 Å². The molecule has 0 saturated heterocycles. The molecule has 1 aromatic rings. The van der Waals surface area contributed by atoms with Crippen LogP contribution in [0.5, 0.6) is 0 Å². The molecule has 0 spiro atoms. The number of nitrogens with zero attached hydrogens (tertiary/aromatic N) is 1. The molecule has 0 amide bonds. The van der Waals surface area contributed by atoms with Crippen LogP contribution in [-0.2, 0) is 0 Å². The predicted molar refractivity (Wildman–Crippen MR) is 123 cm³/mol. The van der Waals surface area contributed by atoms with E-state index in [4.69, 9.17) is 24.4 Å². The molecule has 6 heteroatoms. The van der Waals surface area contributed by atoms with E-state index in [0.717, 1.165) is 13.0 Å². The normalized spacial score (nSPS) is 11.0. The molecule has 0 aliphatic carbocycles. The molecule has 27 heavy (non-hydrogen) atoms. The largest absolute Gasteiger partial charge is 0.356 e. The van der Waals surface area contributed by atoms with Gasteiger partial charge >= 0.3 is 0 Å². The van der Waals surface area contributed by atoms with Gasteiger partial charge in [0.05, 0.1) is 0 Å². The first-order valence-electron chi connectivity index (χ1n) is 11.2. The second kappa shape index (κ2) is 17.4. The molecule has 0 fully saturated rings. The minimum atomic E-state index is 0.424. The van der Waals surface area contributed by atoms with Crippen LogP contribution in [0.1, 0.15) is 110 Å². The highest BCUT2D eigenvalue weighted by Gasteiger charge is 1.96. The first-order valence-corrected chi connectivity index (χ1v) is 12.0. The monoisotopic (exact) mass is 412 g/mol. The summed E-state index contributed by atoms with van der Waals surface area (Å²) in [4.78, 5) is 9.94. The topological polar surface area (TPSA) is 56.5 Å². The fourth-order valence-electron chi connectivity index (χ4n) is 3.36. The Morgan fingerprint density at radius 2 is 1.11 bits per heavy atom. The summed E-state index contributed by atoms with van der Waals surface area (Å²) in [5, 5.41) is 3.26. The Balaban J connectivity index is 1.79. The van der Waals surface area contributed by atoms with Crippen molar-refractivity contribution in [2.45, 2.75) is 110 Å². The van der Waals surface area contributed by atoms with E-state index >= 15 is 0 Å². The van der Waals surface area contributed by atoms with E-state index in [1.54, 1.807) is 0 Å².